The Balaban J connectivity index is 1.43. The highest BCUT2D eigenvalue weighted by Crippen LogP contribution is 2.26. The Kier molecular flexibility index (Phi) is 5.31. The predicted molar refractivity (Wildman–Crippen MR) is 106 cm³/mol. The van der Waals surface area contributed by atoms with Gasteiger partial charge in [0.1, 0.15) is 0 Å². The molecule has 0 saturated heterocycles. The molecule has 3 aromatic rings. The molecule has 0 aliphatic carbocycles. The summed E-state index contributed by atoms with van der Waals surface area (Å²) in [4.78, 5) is 12.3. The number of benzene rings is 1. The number of aryl methyl sites for hydroxylation is 2. The molecule has 138 valence electrons. The third kappa shape index (κ3) is 4.26. The molecule has 1 aliphatic rings. The molecule has 1 N–H and O–H groups in total. The standard InChI is InChI=1S/C19H18ClN5OS/c20-16(11-14-10-15-8-4-5-9-25(15)24-14)18-22-23-19(27-18)17(26)21-12-13-6-2-1-3-7-13/h1-3,6-7,10-11H,4-5,8-9,12H2,(H,21,26). The maximum absolute atomic E-state index is 12.3. The van der Waals surface area contributed by atoms with Gasteiger partial charge in [-0.2, -0.15) is 5.10 Å². The average molecular weight is 400 g/mol. The van der Waals surface area contributed by atoms with Gasteiger partial charge in [0.25, 0.3) is 5.91 Å². The number of nitrogens with one attached hydrogen (secondary N) is 1. The summed E-state index contributed by atoms with van der Waals surface area (Å²) in [7, 11) is 0. The van der Waals surface area contributed by atoms with E-state index in [2.05, 4.69) is 26.7 Å². The first kappa shape index (κ1) is 17.9. The largest absolute Gasteiger partial charge is 0.346 e. The molecule has 0 saturated carbocycles. The normalized spacial score (nSPS) is 14.0. The molecule has 8 heteroatoms. The molecule has 27 heavy (non-hydrogen) atoms. The van der Waals surface area contributed by atoms with Crippen LogP contribution in [-0.2, 0) is 19.5 Å². The SMILES string of the molecule is O=C(NCc1ccccc1)c1nnc(C(Cl)=Cc2cc3n(n2)CCCC3)s1. The smallest absolute Gasteiger partial charge is 0.282 e. The van der Waals surface area contributed by atoms with Gasteiger partial charge in [-0.15, -0.1) is 10.2 Å². The number of carbonyl (C=O) groups excluding carboxylic acids is 1. The maximum Gasteiger partial charge on any atom is 0.282 e. The number of hydrogen-bond acceptors (Lipinski definition) is 5. The highest BCUT2D eigenvalue weighted by molar-refractivity contribution is 7.15. The van der Waals surface area contributed by atoms with Crippen LogP contribution in [0.15, 0.2) is 36.4 Å². The maximum atomic E-state index is 12.3. The topological polar surface area (TPSA) is 72.7 Å². The van der Waals surface area contributed by atoms with Gasteiger partial charge in [-0.25, -0.2) is 0 Å². The first-order valence-electron chi connectivity index (χ1n) is 8.79. The van der Waals surface area contributed by atoms with E-state index in [4.69, 9.17) is 11.6 Å². The van der Waals surface area contributed by atoms with Crippen molar-refractivity contribution in [3.63, 3.8) is 0 Å². The van der Waals surface area contributed by atoms with E-state index in [0.717, 1.165) is 30.6 Å². The van der Waals surface area contributed by atoms with Gasteiger partial charge in [0.2, 0.25) is 5.01 Å². The van der Waals surface area contributed by atoms with Crippen LogP contribution in [0.5, 0.6) is 0 Å². The number of aromatic nitrogens is 4. The lowest BCUT2D eigenvalue weighted by molar-refractivity contribution is 0.0950. The van der Waals surface area contributed by atoms with Crippen molar-refractivity contribution in [1.82, 2.24) is 25.3 Å². The molecule has 4 rings (SSSR count). The van der Waals surface area contributed by atoms with Crippen molar-refractivity contribution >= 4 is 40.0 Å². The van der Waals surface area contributed by atoms with E-state index < -0.39 is 0 Å². The van der Waals surface area contributed by atoms with Crippen LogP contribution < -0.4 is 5.32 Å². The number of carbonyl (C=O) groups is 1. The predicted octanol–water partition coefficient (Wildman–Crippen LogP) is 3.74. The number of amides is 1. The van der Waals surface area contributed by atoms with Crippen LogP contribution in [0.3, 0.4) is 0 Å². The third-order valence-electron chi connectivity index (χ3n) is 4.33. The van der Waals surface area contributed by atoms with Crippen molar-refractivity contribution in [2.75, 3.05) is 0 Å². The van der Waals surface area contributed by atoms with Crippen LogP contribution in [0.1, 0.15) is 44.6 Å². The van der Waals surface area contributed by atoms with Crippen molar-refractivity contribution in [3.05, 3.63) is 63.4 Å². The molecule has 0 atom stereocenters. The Morgan fingerprint density at radius 2 is 2.04 bits per heavy atom. The summed E-state index contributed by atoms with van der Waals surface area (Å²) in [6.45, 7) is 1.39. The zero-order valence-corrected chi connectivity index (χ0v) is 16.1. The van der Waals surface area contributed by atoms with Gasteiger partial charge in [-0.1, -0.05) is 53.3 Å². The summed E-state index contributed by atoms with van der Waals surface area (Å²) < 4.78 is 2.03. The van der Waals surface area contributed by atoms with E-state index in [0.29, 0.717) is 16.6 Å². The Morgan fingerprint density at radius 3 is 2.85 bits per heavy atom. The molecule has 3 heterocycles. The quantitative estimate of drug-likeness (QED) is 0.709. The Hall–Kier alpha value is -2.51. The Morgan fingerprint density at radius 1 is 1.22 bits per heavy atom. The fourth-order valence-electron chi connectivity index (χ4n) is 2.97. The minimum Gasteiger partial charge on any atom is -0.346 e. The zero-order chi connectivity index (χ0) is 18.6. The van der Waals surface area contributed by atoms with E-state index in [9.17, 15) is 4.79 Å². The van der Waals surface area contributed by atoms with Gasteiger partial charge in [0, 0.05) is 18.8 Å². The van der Waals surface area contributed by atoms with E-state index >= 15 is 0 Å². The van der Waals surface area contributed by atoms with Crippen LogP contribution in [-0.4, -0.2) is 25.9 Å². The fraction of sp³-hybridized carbons (Fsp3) is 0.263. The molecule has 0 unspecified atom stereocenters. The highest BCUT2D eigenvalue weighted by Gasteiger charge is 2.16. The minimum atomic E-state index is -0.260. The molecular weight excluding hydrogens is 382 g/mol. The van der Waals surface area contributed by atoms with Crippen LogP contribution in [0.25, 0.3) is 11.1 Å². The van der Waals surface area contributed by atoms with Gasteiger partial charge in [-0.05, 0) is 37.0 Å². The molecule has 1 aliphatic heterocycles. The second-order valence-electron chi connectivity index (χ2n) is 6.31. The van der Waals surface area contributed by atoms with E-state index in [1.807, 2.05) is 35.0 Å². The molecule has 0 fully saturated rings. The van der Waals surface area contributed by atoms with Crippen LogP contribution in [0.2, 0.25) is 0 Å². The van der Waals surface area contributed by atoms with Gasteiger partial charge in [0.15, 0.2) is 5.01 Å². The van der Waals surface area contributed by atoms with Gasteiger partial charge in [-0.3, -0.25) is 9.48 Å². The summed E-state index contributed by atoms with van der Waals surface area (Å²) in [6.07, 6.45) is 5.17. The van der Waals surface area contributed by atoms with E-state index in [1.54, 1.807) is 6.08 Å². The van der Waals surface area contributed by atoms with Crippen LogP contribution >= 0.6 is 22.9 Å². The molecule has 1 aromatic carbocycles. The molecule has 6 nitrogen and oxygen atoms in total. The fourth-order valence-corrected chi connectivity index (χ4v) is 3.90. The minimum absolute atomic E-state index is 0.260. The summed E-state index contributed by atoms with van der Waals surface area (Å²) in [5.41, 5.74) is 3.06. The van der Waals surface area contributed by atoms with Crippen molar-refractivity contribution in [1.29, 1.82) is 0 Å². The monoisotopic (exact) mass is 399 g/mol. The Labute approximate surface area is 165 Å². The lowest BCUT2D eigenvalue weighted by Gasteiger charge is -2.11. The molecular formula is C19H18ClN5OS. The van der Waals surface area contributed by atoms with Gasteiger partial charge >= 0.3 is 0 Å². The first-order valence-corrected chi connectivity index (χ1v) is 9.98. The molecule has 0 spiro atoms. The van der Waals surface area contributed by atoms with Gasteiger partial charge in [0.05, 0.1) is 10.7 Å². The number of rotatable bonds is 5. The second-order valence-corrected chi connectivity index (χ2v) is 7.70. The van der Waals surface area contributed by atoms with Crippen LogP contribution in [0, 0.1) is 0 Å². The molecule has 0 bridgehead atoms. The summed E-state index contributed by atoms with van der Waals surface area (Å²) in [5.74, 6) is -0.260. The Bertz CT molecular complexity index is 956. The van der Waals surface area contributed by atoms with Crippen molar-refractivity contribution in [2.24, 2.45) is 0 Å². The van der Waals surface area contributed by atoms with Crippen molar-refractivity contribution < 1.29 is 4.79 Å². The van der Waals surface area contributed by atoms with E-state index in [-0.39, 0.29) is 10.9 Å². The van der Waals surface area contributed by atoms with E-state index in [1.165, 1.54) is 23.5 Å². The summed E-state index contributed by atoms with van der Waals surface area (Å²) in [6, 6.07) is 11.8. The highest BCUT2D eigenvalue weighted by atomic mass is 35.5. The first-order chi connectivity index (χ1) is 13.2. The number of hydrogen-bond donors (Lipinski definition) is 1. The number of halogens is 1. The molecule has 0 radical (unpaired) electrons. The van der Waals surface area contributed by atoms with Crippen molar-refractivity contribution in [2.45, 2.75) is 32.4 Å². The summed E-state index contributed by atoms with van der Waals surface area (Å²) >= 11 is 7.55. The van der Waals surface area contributed by atoms with Gasteiger partial charge < -0.3 is 5.32 Å². The lowest BCUT2D eigenvalue weighted by atomic mass is 10.1. The second kappa shape index (κ2) is 8.02. The lowest BCUT2D eigenvalue weighted by Crippen LogP contribution is -2.22. The van der Waals surface area contributed by atoms with Crippen LogP contribution in [0.4, 0.5) is 0 Å². The molecule has 1 amide bonds. The average Bonchev–Trinajstić information content (AvgIpc) is 3.33. The molecule has 2 aromatic heterocycles. The zero-order valence-electron chi connectivity index (χ0n) is 14.6. The number of fused-ring (bicyclic) bond motifs is 1. The summed E-state index contributed by atoms with van der Waals surface area (Å²) in [5, 5.41) is 16.6. The third-order valence-corrected chi connectivity index (χ3v) is 5.68. The number of nitrogens with zero attached hydrogens (tertiary/aromatic N) is 4. The van der Waals surface area contributed by atoms with Crippen molar-refractivity contribution in [3.8, 4) is 0 Å².